The quantitative estimate of drug-likeness (QED) is 0.102. The van der Waals surface area contributed by atoms with Crippen molar-refractivity contribution in [2.24, 2.45) is 5.92 Å². The number of ether oxygens (including phenoxy) is 3. The maximum Gasteiger partial charge on any atom is 0.432 e. The van der Waals surface area contributed by atoms with Crippen LogP contribution in [0, 0.1) is 46.8 Å². The Morgan fingerprint density at radius 2 is 1.38 bits per heavy atom. The van der Waals surface area contributed by atoms with E-state index in [1.807, 2.05) is 13.0 Å². The molecule has 0 aromatic heterocycles. The highest BCUT2D eigenvalue weighted by molar-refractivity contribution is 5.71. The van der Waals surface area contributed by atoms with Gasteiger partial charge in [-0.05, 0) is 61.6 Å². The lowest BCUT2D eigenvalue weighted by molar-refractivity contribution is -0.205. The van der Waals surface area contributed by atoms with E-state index in [0.29, 0.717) is 54.5 Å². The van der Waals surface area contributed by atoms with E-state index in [1.165, 1.54) is 19.1 Å². The molecule has 3 nitrogen and oxygen atoms in total. The summed E-state index contributed by atoms with van der Waals surface area (Å²) >= 11 is 0. The molecule has 0 bridgehead atoms. The third-order valence-corrected chi connectivity index (χ3v) is 7.58. The van der Waals surface area contributed by atoms with Crippen LogP contribution in [0.15, 0.2) is 78.9 Å². The zero-order valence-corrected chi connectivity index (χ0v) is 25.4. The van der Waals surface area contributed by atoms with Crippen LogP contribution >= 0.6 is 0 Å². The van der Waals surface area contributed by atoms with Gasteiger partial charge in [-0.25, -0.2) is 22.0 Å². The lowest BCUT2D eigenvalue weighted by Gasteiger charge is -2.29. The van der Waals surface area contributed by atoms with E-state index in [-0.39, 0.29) is 11.1 Å². The van der Waals surface area contributed by atoms with E-state index < -0.39 is 58.4 Å². The molecular formula is C37H29F7O3. The van der Waals surface area contributed by atoms with Gasteiger partial charge in [0.1, 0.15) is 40.4 Å². The van der Waals surface area contributed by atoms with Crippen LogP contribution in [0.3, 0.4) is 0 Å². The zero-order chi connectivity index (χ0) is 33.7. The van der Waals surface area contributed by atoms with E-state index in [9.17, 15) is 26.3 Å². The first-order chi connectivity index (χ1) is 22.5. The molecule has 4 aromatic rings. The van der Waals surface area contributed by atoms with Crippen LogP contribution in [0.5, 0.6) is 5.75 Å². The van der Waals surface area contributed by atoms with Gasteiger partial charge in [-0.15, -0.1) is 5.92 Å². The standard InChI is InChI=1S/C37H29F7O3/c1-3-5-6-8-22-20-45-36(46-21-22)24-11-9-23(10-12-24)25-13-14-28(30(38)15-25)26-16-33(41)35(34(42)17-26)37(43,44)47-27-18-31(39)29(7-4-2)32(40)19-27/h3,5,9-19,22,36H,6,8,20-21H2,1-2H3/b5-3+. The molecular weight excluding hydrogens is 625 g/mol. The van der Waals surface area contributed by atoms with Gasteiger partial charge in [0.25, 0.3) is 0 Å². The minimum absolute atomic E-state index is 0.247. The number of halogens is 7. The van der Waals surface area contributed by atoms with Crippen molar-refractivity contribution in [3.8, 4) is 39.8 Å². The monoisotopic (exact) mass is 654 g/mol. The van der Waals surface area contributed by atoms with Crippen LogP contribution in [0.1, 0.15) is 49.7 Å². The highest BCUT2D eigenvalue weighted by atomic mass is 19.3. The molecule has 0 saturated carbocycles. The number of hydrogen-bond acceptors (Lipinski definition) is 3. The minimum Gasteiger partial charge on any atom is -0.429 e. The molecule has 5 rings (SSSR count). The summed E-state index contributed by atoms with van der Waals surface area (Å²) in [5, 5.41) is 0. The SMILES string of the molecule is CC#Cc1c(F)cc(OC(F)(F)c2c(F)cc(-c3ccc(-c4ccc(C5OCC(CC/C=C/C)CO5)cc4)cc3F)cc2F)cc1F. The summed E-state index contributed by atoms with van der Waals surface area (Å²) < 4.78 is 119. The van der Waals surface area contributed by atoms with E-state index >= 15 is 4.39 Å². The predicted molar refractivity (Wildman–Crippen MR) is 163 cm³/mol. The molecule has 1 fully saturated rings. The van der Waals surface area contributed by atoms with Crippen molar-refractivity contribution < 1.29 is 44.9 Å². The topological polar surface area (TPSA) is 27.7 Å². The van der Waals surface area contributed by atoms with E-state index in [0.717, 1.165) is 24.5 Å². The summed E-state index contributed by atoms with van der Waals surface area (Å²) in [4.78, 5) is 0. The number of alkyl halides is 2. The van der Waals surface area contributed by atoms with Gasteiger partial charge in [-0.3, -0.25) is 0 Å². The highest BCUT2D eigenvalue weighted by Gasteiger charge is 2.41. The molecule has 0 spiro atoms. The van der Waals surface area contributed by atoms with E-state index in [1.54, 1.807) is 24.3 Å². The molecule has 0 atom stereocenters. The molecule has 1 saturated heterocycles. The van der Waals surface area contributed by atoms with E-state index in [4.69, 9.17) is 9.47 Å². The number of rotatable bonds is 9. The molecule has 1 aliphatic rings. The average molecular weight is 655 g/mol. The maximum absolute atomic E-state index is 15.2. The molecule has 0 amide bonds. The predicted octanol–water partition coefficient (Wildman–Crippen LogP) is 10.2. The molecule has 0 N–H and O–H groups in total. The van der Waals surface area contributed by atoms with Crippen molar-refractivity contribution in [3.05, 3.63) is 125 Å². The van der Waals surface area contributed by atoms with Gasteiger partial charge in [0.15, 0.2) is 6.29 Å². The van der Waals surface area contributed by atoms with Crippen LogP contribution in [0.2, 0.25) is 0 Å². The first-order valence-electron chi connectivity index (χ1n) is 14.7. The molecule has 47 heavy (non-hydrogen) atoms. The van der Waals surface area contributed by atoms with Crippen molar-refractivity contribution in [2.75, 3.05) is 13.2 Å². The molecule has 0 aliphatic carbocycles. The van der Waals surface area contributed by atoms with Gasteiger partial charge in [0.05, 0.1) is 18.8 Å². The Balaban J connectivity index is 1.30. The van der Waals surface area contributed by atoms with Crippen molar-refractivity contribution >= 4 is 0 Å². The van der Waals surface area contributed by atoms with Crippen LogP contribution in [0.25, 0.3) is 22.3 Å². The number of benzene rings is 4. The Bertz CT molecular complexity index is 1790. The Labute approximate surface area is 267 Å². The summed E-state index contributed by atoms with van der Waals surface area (Å²) in [6.45, 7) is 4.44. The first-order valence-corrected chi connectivity index (χ1v) is 14.7. The molecule has 0 unspecified atom stereocenters. The second-order valence-electron chi connectivity index (χ2n) is 10.9. The Hall–Kier alpha value is -4.59. The van der Waals surface area contributed by atoms with Crippen LogP contribution in [-0.4, -0.2) is 13.2 Å². The average Bonchev–Trinajstić information content (AvgIpc) is 3.02. The second kappa shape index (κ2) is 14.4. The van der Waals surface area contributed by atoms with Gasteiger partial charge in [-0.2, -0.15) is 8.78 Å². The first kappa shape index (κ1) is 33.8. The van der Waals surface area contributed by atoms with Crippen LogP contribution in [0.4, 0.5) is 30.7 Å². The Morgan fingerprint density at radius 1 is 0.787 bits per heavy atom. The Morgan fingerprint density at radius 3 is 1.96 bits per heavy atom. The zero-order valence-electron chi connectivity index (χ0n) is 25.4. The molecule has 0 radical (unpaired) electrons. The van der Waals surface area contributed by atoms with E-state index in [2.05, 4.69) is 22.7 Å². The maximum atomic E-state index is 15.2. The van der Waals surface area contributed by atoms with Crippen LogP contribution < -0.4 is 4.74 Å². The van der Waals surface area contributed by atoms with Crippen LogP contribution in [-0.2, 0) is 15.6 Å². The summed E-state index contributed by atoms with van der Waals surface area (Å²) in [6.07, 6.45) is 0.842. The fraction of sp³-hybridized carbons (Fsp3) is 0.243. The smallest absolute Gasteiger partial charge is 0.429 e. The van der Waals surface area contributed by atoms with Crippen molar-refractivity contribution in [3.63, 3.8) is 0 Å². The summed E-state index contributed by atoms with van der Waals surface area (Å²) in [6, 6.07) is 13.0. The lowest BCUT2D eigenvalue weighted by Crippen LogP contribution is -2.27. The summed E-state index contributed by atoms with van der Waals surface area (Å²) in [7, 11) is 0. The fourth-order valence-electron chi connectivity index (χ4n) is 5.22. The van der Waals surface area contributed by atoms with Crippen molar-refractivity contribution in [2.45, 2.75) is 39.1 Å². The third kappa shape index (κ3) is 7.70. The molecule has 1 heterocycles. The fourth-order valence-corrected chi connectivity index (χ4v) is 5.22. The third-order valence-electron chi connectivity index (χ3n) is 7.58. The second-order valence-corrected chi connectivity index (χ2v) is 10.9. The molecule has 10 heteroatoms. The molecule has 4 aromatic carbocycles. The highest BCUT2D eigenvalue weighted by Crippen LogP contribution is 2.39. The van der Waals surface area contributed by atoms with Gasteiger partial charge in [-0.1, -0.05) is 54.5 Å². The summed E-state index contributed by atoms with van der Waals surface area (Å²) in [5.74, 6) is -3.26. The molecule has 244 valence electrons. The number of allylic oxidation sites excluding steroid dienone is 2. The van der Waals surface area contributed by atoms with Crippen molar-refractivity contribution in [1.82, 2.24) is 0 Å². The largest absolute Gasteiger partial charge is 0.432 e. The molecule has 1 aliphatic heterocycles. The van der Waals surface area contributed by atoms with Gasteiger partial charge < -0.3 is 14.2 Å². The van der Waals surface area contributed by atoms with Gasteiger partial charge in [0, 0.05) is 29.2 Å². The Kier molecular flexibility index (Phi) is 10.4. The number of hydrogen-bond donors (Lipinski definition) is 0. The lowest BCUT2D eigenvalue weighted by atomic mass is 9.97. The minimum atomic E-state index is -4.68. The normalized spacial score (nSPS) is 16.6. The van der Waals surface area contributed by atoms with Gasteiger partial charge in [0.2, 0.25) is 0 Å². The van der Waals surface area contributed by atoms with Crippen molar-refractivity contribution in [1.29, 1.82) is 0 Å². The summed E-state index contributed by atoms with van der Waals surface area (Å²) in [5.41, 5.74) is -1.19. The van der Waals surface area contributed by atoms with Gasteiger partial charge >= 0.3 is 6.11 Å².